The number of allylic oxidation sites excluding steroid dienone is 2. The highest BCUT2D eigenvalue weighted by atomic mass is 16.5. The van der Waals surface area contributed by atoms with Gasteiger partial charge in [-0.1, -0.05) is 19.1 Å². The molecule has 0 amide bonds. The van der Waals surface area contributed by atoms with Gasteiger partial charge in [0.15, 0.2) is 0 Å². The maximum Gasteiger partial charge on any atom is 0.0603 e. The molecule has 1 aliphatic carbocycles. The van der Waals surface area contributed by atoms with Crippen molar-refractivity contribution in [3.63, 3.8) is 0 Å². The first-order valence-corrected chi connectivity index (χ1v) is 11.6. The molecule has 0 radical (unpaired) electrons. The van der Waals surface area contributed by atoms with Gasteiger partial charge < -0.3 is 15.0 Å². The molecule has 1 atom stereocenters. The highest BCUT2D eigenvalue weighted by Gasteiger charge is 2.29. The molecule has 0 spiro atoms. The lowest BCUT2D eigenvalue weighted by Gasteiger charge is -2.42. The van der Waals surface area contributed by atoms with E-state index in [0.717, 1.165) is 25.0 Å². The third-order valence-electron chi connectivity index (χ3n) is 6.59. The number of piperidine rings is 1. The van der Waals surface area contributed by atoms with Crippen LogP contribution < -0.4 is 5.32 Å². The van der Waals surface area contributed by atoms with Crippen molar-refractivity contribution in [3.8, 4) is 0 Å². The van der Waals surface area contributed by atoms with Crippen LogP contribution in [-0.4, -0.2) is 73.9 Å². The fourth-order valence-corrected chi connectivity index (χ4v) is 4.61. The lowest BCUT2D eigenvalue weighted by Crippen LogP contribution is -2.53. The van der Waals surface area contributed by atoms with Crippen molar-refractivity contribution < 1.29 is 4.74 Å². The fourth-order valence-electron chi connectivity index (χ4n) is 4.61. The second-order valence-electron chi connectivity index (χ2n) is 8.63. The summed E-state index contributed by atoms with van der Waals surface area (Å²) in [5, 5.41) is 3.43. The van der Waals surface area contributed by atoms with E-state index in [1.165, 1.54) is 71.2 Å². The summed E-state index contributed by atoms with van der Waals surface area (Å²) in [7, 11) is 0. The molecule has 3 aliphatic rings. The Hall–Kier alpha value is -0.420. The number of nitrogens with one attached hydrogen (secondary N) is 1. The molecule has 2 heterocycles. The molecule has 27 heavy (non-hydrogen) atoms. The molecule has 158 valence electrons. The molecule has 1 unspecified atom stereocenters. The van der Waals surface area contributed by atoms with Crippen LogP contribution in [0.15, 0.2) is 12.2 Å². The third kappa shape index (κ3) is 8.23. The van der Waals surface area contributed by atoms with Crippen molar-refractivity contribution in [2.24, 2.45) is 5.92 Å². The molecule has 4 nitrogen and oxygen atoms in total. The summed E-state index contributed by atoms with van der Waals surface area (Å²) in [5.74, 6) is 0.901. The summed E-state index contributed by atoms with van der Waals surface area (Å²) < 4.78 is 6.36. The van der Waals surface area contributed by atoms with Crippen molar-refractivity contribution in [1.82, 2.24) is 15.1 Å². The first-order valence-electron chi connectivity index (χ1n) is 11.6. The molecule has 0 bridgehead atoms. The van der Waals surface area contributed by atoms with E-state index in [9.17, 15) is 0 Å². The van der Waals surface area contributed by atoms with Gasteiger partial charge >= 0.3 is 0 Å². The first kappa shape index (κ1) is 22.9. The molecule has 0 aromatic heterocycles. The Morgan fingerprint density at radius 3 is 2.11 bits per heavy atom. The standard InChI is InChI=1S/C19H37N3O.C4H8/c1-3-21-12-13-22(16(2)14-21)15-17-4-6-18(7-5-17)23-19-8-10-20-11-9-19;1-3-4-2/h16-20H,3-15H2,1-2H3;3-4H,1-2H3/b;4-3-. The second-order valence-corrected chi connectivity index (χ2v) is 8.63. The predicted octanol–water partition coefficient (Wildman–Crippen LogP) is 3.92. The van der Waals surface area contributed by atoms with E-state index in [4.69, 9.17) is 4.74 Å². The topological polar surface area (TPSA) is 27.7 Å². The van der Waals surface area contributed by atoms with Gasteiger partial charge in [0.25, 0.3) is 0 Å². The molecule has 3 fully saturated rings. The summed E-state index contributed by atoms with van der Waals surface area (Å²) in [5.41, 5.74) is 0. The Morgan fingerprint density at radius 1 is 0.926 bits per heavy atom. The largest absolute Gasteiger partial charge is 0.375 e. The molecule has 0 aromatic carbocycles. The number of nitrogens with zero attached hydrogens (tertiary/aromatic N) is 2. The van der Waals surface area contributed by atoms with E-state index < -0.39 is 0 Å². The SMILES string of the molecule is C/C=C\C.CCN1CCN(CC2CCC(OC3CCNCC3)CC2)C(C)C1. The Bertz CT molecular complexity index is 396. The first-order chi connectivity index (χ1) is 13.2. The molecule has 2 saturated heterocycles. The lowest BCUT2D eigenvalue weighted by atomic mass is 9.86. The number of piperazine rings is 1. The Morgan fingerprint density at radius 2 is 1.56 bits per heavy atom. The van der Waals surface area contributed by atoms with E-state index in [-0.39, 0.29) is 0 Å². The van der Waals surface area contributed by atoms with Gasteiger partial charge in [-0.25, -0.2) is 0 Å². The van der Waals surface area contributed by atoms with Crippen molar-refractivity contribution >= 4 is 0 Å². The number of ether oxygens (including phenoxy) is 1. The summed E-state index contributed by atoms with van der Waals surface area (Å²) in [4.78, 5) is 5.33. The van der Waals surface area contributed by atoms with Crippen molar-refractivity contribution in [2.75, 3.05) is 45.8 Å². The summed E-state index contributed by atoms with van der Waals surface area (Å²) in [6.45, 7) is 17.3. The highest BCUT2D eigenvalue weighted by molar-refractivity contribution is 4.83. The predicted molar refractivity (Wildman–Crippen MR) is 116 cm³/mol. The van der Waals surface area contributed by atoms with Gasteiger partial charge in [-0.2, -0.15) is 0 Å². The molecule has 2 aliphatic heterocycles. The van der Waals surface area contributed by atoms with Crippen LogP contribution in [0.1, 0.15) is 66.2 Å². The van der Waals surface area contributed by atoms with Gasteiger partial charge in [0, 0.05) is 32.2 Å². The summed E-state index contributed by atoms with van der Waals surface area (Å²) in [6, 6.07) is 0.729. The minimum absolute atomic E-state index is 0.528. The highest BCUT2D eigenvalue weighted by Crippen LogP contribution is 2.29. The molecule has 3 rings (SSSR count). The summed E-state index contributed by atoms with van der Waals surface area (Å²) in [6.07, 6.45) is 12.8. The fraction of sp³-hybridized carbons (Fsp3) is 0.913. The van der Waals surface area contributed by atoms with Crippen LogP contribution in [0.25, 0.3) is 0 Å². The Balaban J connectivity index is 0.000000596. The average Bonchev–Trinajstić information content (AvgIpc) is 2.72. The number of likely N-dealkylation sites (N-methyl/N-ethyl adjacent to an activating group) is 1. The van der Waals surface area contributed by atoms with E-state index >= 15 is 0 Å². The van der Waals surface area contributed by atoms with Gasteiger partial charge in [-0.15, -0.1) is 0 Å². The lowest BCUT2D eigenvalue weighted by molar-refractivity contribution is -0.0513. The van der Waals surface area contributed by atoms with Crippen LogP contribution >= 0.6 is 0 Å². The normalized spacial score (nSPS) is 31.6. The number of hydrogen-bond donors (Lipinski definition) is 1. The van der Waals surface area contributed by atoms with Crippen LogP contribution in [0.2, 0.25) is 0 Å². The van der Waals surface area contributed by atoms with E-state index in [1.54, 1.807) is 0 Å². The molecule has 1 N–H and O–H groups in total. The van der Waals surface area contributed by atoms with E-state index in [0.29, 0.717) is 12.2 Å². The molecule has 1 saturated carbocycles. The smallest absolute Gasteiger partial charge is 0.0603 e. The quantitative estimate of drug-likeness (QED) is 0.733. The third-order valence-corrected chi connectivity index (χ3v) is 6.59. The zero-order valence-electron chi connectivity index (χ0n) is 18.5. The van der Waals surface area contributed by atoms with Gasteiger partial charge in [-0.3, -0.25) is 4.90 Å². The Labute approximate surface area is 168 Å². The Kier molecular flexibility index (Phi) is 10.9. The maximum absolute atomic E-state index is 6.36. The van der Waals surface area contributed by atoms with Gasteiger partial charge in [0.2, 0.25) is 0 Å². The number of hydrogen-bond acceptors (Lipinski definition) is 4. The molecule has 0 aromatic rings. The van der Waals surface area contributed by atoms with Gasteiger partial charge in [-0.05, 0) is 84.8 Å². The molecular weight excluding hydrogens is 334 g/mol. The average molecular weight is 380 g/mol. The van der Waals surface area contributed by atoms with E-state index in [2.05, 4.69) is 29.0 Å². The molecule has 4 heteroatoms. The van der Waals surface area contributed by atoms with Crippen molar-refractivity contribution in [1.29, 1.82) is 0 Å². The van der Waals surface area contributed by atoms with E-state index in [1.807, 2.05) is 26.0 Å². The monoisotopic (exact) mass is 379 g/mol. The zero-order chi connectivity index (χ0) is 19.5. The van der Waals surface area contributed by atoms with Gasteiger partial charge in [0.1, 0.15) is 0 Å². The van der Waals surface area contributed by atoms with Crippen LogP contribution in [-0.2, 0) is 4.74 Å². The second kappa shape index (κ2) is 12.9. The van der Waals surface area contributed by atoms with Crippen LogP contribution in [0.3, 0.4) is 0 Å². The van der Waals surface area contributed by atoms with Gasteiger partial charge in [0.05, 0.1) is 12.2 Å². The summed E-state index contributed by atoms with van der Waals surface area (Å²) >= 11 is 0. The minimum atomic E-state index is 0.528. The van der Waals surface area contributed by atoms with Crippen LogP contribution in [0, 0.1) is 5.92 Å². The van der Waals surface area contributed by atoms with Crippen molar-refractivity contribution in [3.05, 3.63) is 12.2 Å². The maximum atomic E-state index is 6.36. The van der Waals surface area contributed by atoms with Crippen LogP contribution in [0.5, 0.6) is 0 Å². The van der Waals surface area contributed by atoms with Crippen LogP contribution in [0.4, 0.5) is 0 Å². The molecular formula is C23H45N3O. The minimum Gasteiger partial charge on any atom is -0.375 e. The number of rotatable bonds is 5. The zero-order valence-corrected chi connectivity index (χ0v) is 18.5. The van der Waals surface area contributed by atoms with Crippen molar-refractivity contribution in [2.45, 2.75) is 84.5 Å².